The van der Waals surface area contributed by atoms with Crippen LogP contribution in [0.2, 0.25) is 0 Å². The maximum atomic E-state index is 11.9. The normalized spacial score (nSPS) is 19.2. The lowest BCUT2D eigenvalue weighted by molar-refractivity contribution is 0.159. The summed E-state index contributed by atoms with van der Waals surface area (Å²) in [5.74, 6) is 0.0319. The Hall–Kier alpha value is -0.950. The molecule has 22 heavy (non-hydrogen) atoms. The van der Waals surface area contributed by atoms with Crippen LogP contribution in [0.5, 0.6) is 0 Å². The fourth-order valence-electron chi connectivity index (χ4n) is 2.85. The predicted octanol–water partition coefficient (Wildman–Crippen LogP) is 1.78. The summed E-state index contributed by atoms with van der Waals surface area (Å²) in [5.41, 5.74) is 1.31. The molecule has 1 heterocycles. The van der Waals surface area contributed by atoms with Gasteiger partial charge in [0.1, 0.15) is 0 Å². The maximum Gasteiger partial charge on any atom is 0.214 e. The van der Waals surface area contributed by atoms with Gasteiger partial charge in [-0.1, -0.05) is 30.3 Å². The minimum atomic E-state index is -3.23. The second kappa shape index (κ2) is 8.06. The number of hydrogen-bond donors (Lipinski definition) is 1. The number of sulfonamides is 1. The van der Waals surface area contributed by atoms with E-state index in [1.165, 1.54) is 12.7 Å². The second-order valence-electron chi connectivity index (χ2n) is 5.83. The van der Waals surface area contributed by atoms with Crippen LogP contribution in [-0.2, 0) is 14.8 Å². The summed E-state index contributed by atoms with van der Waals surface area (Å²) in [6, 6.07) is 10.8. The molecule has 6 heteroatoms. The summed E-state index contributed by atoms with van der Waals surface area (Å²) in [4.78, 5) is 2.41. The third-order valence-corrected chi connectivity index (χ3v) is 5.66. The Morgan fingerprint density at radius 1 is 1.27 bits per heavy atom. The van der Waals surface area contributed by atoms with Gasteiger partial charge in [-0.15, -0.1) is 0 Å². The van der Waals surface area contributed by atoms with Crippen molar-refractivity contribution in [3.05, 3.63) is 35.9 Å². The number of ether oxygens (including phenoxy) is 1. The molecule has 1 N–H and O–H groups in total. The molecule has 5 nitrogen and oxygen atoms in total. The van der Waals surface area contributed by atoms with Gasteiger partial charge in [-0.2, -0.15) is 0 Å². The Morgan fingerprint density at radius 2 is 1.91 bits per heavy atom. The molecule has 0 saturated carbocycles. The fraction of sp³-hybridized carbons (Fsp3) is 0.625. The van der Waals surface area contributed by atoms with E-state index in [1.807, 2.05) is 6.07 Å². The minimum Gasteiger partial charge on any atom is -0.384 e. The van der Waals surface area contributed by atoms with E-state index in [0.29, 0.717) is 6.04 Å². The van der Waals surface area contributed by atoms with Crippen LogP contribution in [0.1, 0.15) is 31.4 Å². The molecule has 1 aromatic rings. The summed E-state index contributed by atoms with van der Waals surface area (Å²) in [6.07, 6.45) is 1.70. The van der Waals surface area contributed by atoms with Gasteiger partial charge in [-0.25, -0.2) is 13.1 Å². The third-order valence-electron chi connectivity index (χ3n) is 4.26. The number of likely N-dealkylation sites (tertiary alicyclic amines) is 1. The maximum absolute atomic E-state index is 11.9. The molecule has 1 atom stereocenters. The molecule has 2 rings (SSSR count). The predicted molar refractivity (Wildman–Crippen MR) is 88.3 cm³/mol. The van der Waals surface area contributed by atoms with E-state index in [4.69, 9.17) is 4.74 Å². The number of nitrogens with zero attached hydrogens (tertiary/aromatic N) is 1. The van der Waals surface area contributed by atoms with E-state index in [9.17, 15) is 8.42 Å². The van der Waals surface area contributed by atoms with Gasteiger partial charge in [0.2, 0.25) is 10.0 Å². The number of hydrogen-bond acceptors (Lipinski definition) is 4. The van der Waals surface area contributed by atoms with Crippen molar-refractivity contribution in [3.8, 4) is 0 Å². The van der Waals surface area contributed by atoms with E-state index in [2.05, 4.69) is 40.8 Å². The van der Waals surface area contributed by atoms with Crippen LogP contribution in [0.4, 0.5) is 0 Å². The van der Waals surface area contributed by atoms with E-state index >= 15 is 0 Å². The van der Waals surface area contributed by atoms with Crippen molar-refractivity contribution in [2.45, 2.75) is 31.8 Å². The molecule has 1 aliphatic rings. The lowest BCUT2D eigenvalue weighted by atomic mass is 10.0. The third kappa shape index (κ3) is 5.05. The van der Waals surface area contributed by atoms with Gasteiger partial charge < -0.3 is 4.74 Å². The molecule has 0 radical (unpaired) electrons. The Bertz CT molecular complexity index is 540. The van der Waals surface area contributed by atoms with Gasteiger partial charge in [0.05, 0.1) is 12.4 Å². The topological polar surface area (TPSA) is 58.6 Å². The molecule has 1 fully saturated rings. The highest BCUT2D eigenvalue weighted by Gasteiger charge is 2.26. The molecular formula is C16H26N2O3S. The molecule has 0 amide bonds. The van der Waals surface area contributed by atoms with Crippen molar-refractivity contribution in [3.63, 3.8) is 0 Å². The highest BCUT2D eigenvalue weighted by molar-refractivity contribution is 7.89. The van der Waals surface area contributed by atoms with Crippen LogP contribution in [0.3, 0.4) is 0 Å². The zero-order valence-corrected chi connectivity index (χ0v) is 14.2. The lowest BCUT2D eigenvalue weighted by Gasteiger charge is -2.36. The lowest BCUT2D eigenvalue weighted by Crippen LogP contribution is -2.46. The van der Waals surface area contributed by atoms with Crippen LogP contribution in [0, 0.1) is 0 Å². The SMILES string of the molecule is COCCS(=O)(=O)NC1CCN([C@H](C)c2ccccc2)CC1. The Labute approximate surface area is 133 Å². The first-order chi connectivity index (χ1) is 10.5. The van der Waals surface area contributed by atoms with E-state index in [-0.39, 0.29) is 18.4 Å². The summed E-state index contributed by atoms with van der Waals surface area (Å²) in [7, 11) is -1.71. The average Bonchev–Trinajstić information content (AvgIpc) is 2.53. The van der Waals surface area contributed by atoms with Crippen LogP contribution in [-0.4, -0.2) is 51.9 Å². The Morgan fingerprint density at radius 3 is 2.50 bits per heavy atom. The molecule has 1 aliphatic heterocycles. The van der Waals surface area contributed by atoms with Gasteiger partial charge in [-0.05, 0) is 25.3 Å². The number of benzene rings is 1. The summed E-state index contributed by atoms with van der Waals surface area (Å²) < 4.78 is 31.4. The largest absolute Gasteiger partial charge is 0.384 e. The molecular weight excluding hydrogens is 300 g/mol. The Balaban J connectivity index is 1.83. The zero-order chi connectivity index (χ0) is 16.0. The first kappa shape index (κ1) is 17.4. The number of nitrogens with one attached hydrogen (secondary N) is 1. The number of piperidine rings is 1. The fourth-order valence-corrected chi connectivity index (χ4v) is 4.10. The van der Waals surface area contributed by atoms with E-state index in [1.54, 1.807) is 0 Å². The van der Waals surface area contributed by atoms with Gasteiger partial charge in [-0.3, -0.25) is 4.90 Å². The highest BCUT2D eigenvalue weighted by atomic mass is 32.2. The summed E-state index contributed by atoms with van der Waals surface area (Å²) >= 11 is 0. The van der Waals surface area contributed by atoms with Gasteiger partial charge >= 0.3 is 0 Å². The molecule has 1 aromatic carbocycles. The molecule has 0 aromatic heterocycles. The average molecular weight is 326 g/mol. The monoisotopic (exact) mass is 326 g/mol. The quantitative estimate of drug-likeness (QED) is 0.830. The summed E-state index contributed by atoms with van der Waals surface area (Å²) in [6.45, 7) is 4.26. The molecule has 1 saturated heterocycles. The molecule has 124 valence electrons. The summed E-state index contributed by atoms with van der Waals surface area (Å²) in [5, 5.41) is 0. The molecule has 0 aliphatic carbocycles. The Kier molecular flexibility index (Phi) is 6.37. The van der Waals surface area contributed by atoms with Crippen molar-refractivity contribution in [2.24, 2.45) is 0 Å². The van der Waals surface area contributed by atoms with Crippen LogP contribution >= 0.6 is 0 Å². The molecule has 0 bridgehead atoms. The highest BCUT2D eigenvalue weighted by Crippen LogP contribution is 2.24. The van der Waals surface area contributed by atoms with Crippen LogP contribution in [0.25, 0.3) is 0 Å². The number of methoxy groups -OCH3 is 1. The van der Waals surface area contributed by atoms with E-state index < -0.39 is 10.0 Å². The minimum absolute atomic E-state index is 0.0319. The smallest absolute Gasteiger partial charge is 0.214 e. The van der Waals surface area contributed by atoms with Crippen molar-refractivity contribution in [1.29, 1.82) is 0 Å². The van der Waals surface area contributed by atoms with Gasteiger partial charge in [0, 0.05) is 32.3 Å². The first-order valence-corrected chi connectivity index (χ1v) is 9.45. The van der Waals surface area contributed by atoms with Crippen molar-refractivity contribution >= 4 is 10.0 Å². The number of rotatable bonds is 7. The van der Waals surface area contributed by atoms with Crippen molar-refractivity contribution < 1.29 is 13.2 Å². The van der Waals surface area contributed by atoms with Crippen molar-refractivity contribution in [1.82, 2.24) is 9.62 Å². The molecule has 0 unspecified atom stereocenters. The van der Waals surface area contributed by atoms with Gasteiger partial charge in [0.15, 0.2) is 0 Å². The van der Waals surface area contributed by atoms with Gasteiger partial charge in [0.25, 0.3) is 0 Å². The molecule has 0 spiro atoms. The first-order valence-electron chi connectivity index (χ1n) is 7.80. The van der Waals surface area contributed by atoms with Crippen molar-refractivity contribution in [2.75, 3.05) is 32.6 Å². The zero-order valence-electron chi connectivity index (χ0n) is 13.4. The standard InChI is InChI=1S/C16H26N2O3S/c1-14(15-6-4-3-5-7-15)18-10-8-16(9-11-18)17-22(19,20)13-12-21-2/h3-7,14,16-17H,8-13H2,1-2H3/t14-/m1/s1. The second-order valence-corrected chi connectivity index (χ2v) is 7.70. The van der Waals surface area contributed by atoms with E-state index in [0.717, 1.165) is 25.9 Å². The van der Waals surface area contributed by atoms with Crippen LogP contribution in [0.15, 0.2) is 30.3 Å². The van der Waals surface area contributed by atoms with Crippen LogP contribution < -0.4 is 4.72 Å².